The highest BCUT2D eigenvalue weighted by Gasteiger charge is 2.14. The number of carbonyl (C=O) groups excluding carboxylic acids is 2. The molecule has 50 heavy (non-hydrogen) atoms. The van der Waals surface area contributed by atoms with Gasteiger partial charge in [0.15, 0.2) is 0 Å². The summed E-state index contributed by atoms with van der Waals surface area (Å²) >= 11 is 0. The third-order valence-electron chi connectivity index (χ3n) is 7.56. The number of hydrogen-bond acceptors (Lipinski definition) is 8. The molecule has 2 unspecified atom stereocenters. The van der Waals surface area contributed by atoms with E-state index >= 15 is 0 Å². The Labute approximate surface area is 294 Å². The summed E-state index contributed by atoms with van der Waals surface area (Å²) in [5, 5.41) is 18.1. The smallest absolute Gasteiger partial charge is 0.338 e. The van der Waals surface area contributed by atoms with E-state index in [4.69, 9.17) is 29.5 Å². The lowest BCUT2D eigenvalue weighted by Gasteiger charge is -2.15. The Hall–Kier alpha value is -6.12. The molecule has 0 radical (unpaired) electrons. The van der Waals surface area contributed by atoms with E-state index in [1.54, 1.807) is 62.4 Å². The SMILES string of the molecule is C=C(C)C(=O)Oc1ccc(Oc2c(C)cc(C(C)C#N)cc2C)cc1.C=C(C)C(=O)Oc1ccc(Oc2c(C)cc(C(C)C#N)cc2C)cc1. The predicted molar refractivity (Wildman–Crippen MR) is 194 cm³/mol. The van der Waals surface area contributed by atoms with Gasteiger partial charge >= 0.3 is 11.9 Å². The van der Waals surface area contributed by atoms with Crippen molar-refractivity contribution in [2.45, 2.75) is 67.2 Å². The van der Waals surface area contributed by atoms with Crippen molar-refractivity contribution in [1.82, 2.24) is 0 Å². The second-order valence-electron chi connectivity index (χ2n) is 12.2. The maximum absolute atomic E-state index is 11.5. The number of aryl methyl sites for hydroxylation is 4. The zero-order valence-corrected chi connectivity index (χ0v) is 29.8. The van der Waals surface area contributed by atoms with Crippen molar-refractivity contribution in [3.05, 3.63) is 130 Å². The Balaban J connectivity index is 0.000000270. The minimum absolute atomic E-state index is 0.159. The van der Waals surface area contributed by atoms with E-state index in [-0.39, 0.29) is 11.8 Å². The molecule has 0 bridgehead atoms. The van der Waals surface area contributed by atoms with Crippen molar-refractivity contribution in [2.24, 2.45) is 0 Å². The number of hydrogen-bond donors (Lipinski definition) is 0. The molecule has 0 heterocycles. The molecule has 4 rings (SSSR count). The van der Waals surface area contributed by atoms with Crippen LogP contribution < -0.4 is 18.9 Å². The molecule has 0 N–H and O–H groups in total. The lowest BCUT2D eigenvalue weighted by Crippen LogP contribution is -2.07. The molecule has 0 fully saturated rings. The van der Waals surface area contributed by atoms with Gasteiger partial charge in [0.2, 0.25) is 0 Å². The van der Waals surface area contributed by atoms with Crippen LogP contribution in [0.1, 0.15) is 72.9 Å². The Morgan fingerprint density at radius 1 is 0.560 bits per heavy atom. The first-order valence-corrected chi connectivity index (χ1v) is 16.0. The molecule has 0 aliphatic heterocycles. The zero-order chi connectivity index (χ0) is 37.1. The maximum Gasteiger partial charge on any atom is 0.338 e. The second kappa shape index (κ2) is 17.3. The third kappa shape index (κ3) is 10.4. The van der Waals surface area contributed by atoms with Crippen LogP contribution in [0.3, 0.4) is 0 Å². The predicted octanol–water partition coefficient (Wildman–Crippen LogP) is 10.4. The van der Waals surface area contributed by atoms with Crippen LogP contribution in [0.15, 0.2) is 97.1 Å². The Kier molecular flexibility index (Phi) is 13.3. The summed E-state index contributed by atoms with van der Waals surface area (Å²) in [6, 6.07) is 26.0. The molecule has 0 amide bonds. The standard InChI is InChI=1S/2C21H21NO3/c2*1-13(2)21(23)25-19-8-6-18(7-9-19)24-20-14(3)10-17(11-15(20)4)16(5)12-22/h2*6-11,16H,1H2,2-5H3. The molecular weight excluding hydrogens is 628 g/mol. The summed E-state index contributed by atoms with van der Waals surface area (Å²) in [5.74, 6) is 2.46. The molecule has 0 spiro atoms. The summed E-state index contributed by atoms with van der Waals surface area (Å²) < 4.78 is 22.3. The van der Waals surface area contributed by atoms with Gasteiger partial charge in [-0.3, -0.25) is 0 Å². The molecule has 0 aliphatic rings. The number of benzene rings is 4. The van der Waals surface area contributed by atoms with Gasteiger partial charge in [0.1, 0.15) is 34.5 Å². The van der Waals surface area contributed by atoms with Crippen LogP contribution in [0.4, 0.5) is 0 Å². The Bertz CT molecular complexity index is 1790. The second-order valence-corrected chi connectivity index (χ2v) is 12.2. The first kappa shape index (κ1) is 38.3. The average Bonchev–Trinajstić information content (AvgIpc) is 3.08. The van der Waals surface area contributed by atoms with Crippen molar-refractivity contribution < 1.29 is 28.5 Å². The molecule has 0 saturated heterocycles. The minimum Gasteiger partial charge on any atom is -0.457 e. The summed E-state index contributed by atoms with van der Waals surface area (Å²) in [5.41, 5.74) is 6.52. The van der Waals surface area contributed by atoms with Gasteiger partial charge < -0.3 is 18.9 Å². The summed E-state index contributed by atoms with van der Waals surface area (Å²) in [7, 11) is 0. The van der Waals surface area contributed by atoms with Crippen molar-refractivity contribution in [3.63, 3.8) is 0 Å². The van der Waals surface area contributed by atoms with E-state index in [0.29, 0.717) is 34.1 Å². The lowest BCUT2D eigenvalue weighted by atomic mass is 9.97. The Morgan fingerprint density at radius 3 is 1.06 bits per heavy atom. The molecule has 256 valence electrons. The van der Waals surface area contributed by atoms with Crippen molar-refractivity contribution >= 4 is 11.9 Å². The highest BCUT2D eigenvalue weighted by Crippen LogP contribution is 2.34. The van der Waals surface area contributed by atoms with Gasteiger partial charge in [0.25, 0.3) is 0 Å². The highest BCUT2D eigenvalue weighted by atomic mass is 16.5. The van der Waals surface area contributed by atoms with E-state index in [9.17, 15) is 9.59 Å². The highest BCUT2D eigenvalue weighted by molar-refractivity contribution is 5.89. The third-order valence-corrected chi connectivity index (χ3v) is 7.56. The molecule has 8 heteroatoms. The molecule has 8 nitrogen and oxygen atoms in total. The fourth-order valence-corrected chi connectivity index (χ4v) is 4.71. The lowest BCUT2D eigenvalue weighted by molar-refractivity contribution is -0.130. The van der Waals surface area contributed by atoms with Gasteiger partial charge in [-0.15, -0.1) is 0 Å². The van der Waals surface area contributed by atoms with Gasteiger partial charge in [-0.1, -0.05) is 37.4 Å². The molecule has 4 aromatic rings. The average molecular weight is 671 g/mol. The monoisotopic (exact) mass is 670 g/mol. The maximum atomic E-state index is 11.5. The van der Waals surface area contributed by atoms with Crippen LogP contribution in [0, 0.1) is 50.4 Å². The molecule has 0 saturated carbocycles. The molecule has 2 atom stereocenters. The van der Waals surface area contributed by atoms with Gasteiger partial charge in [0, 0.05) is 11.1 Å². The minimum atomic E-state index is -0.456. The fraction of sp³-hybridized carbons (Fsp3) is 0.238. The molecule has 0 aromatic heterocycles. The van der Waals surface area contributed by atoms with Crippen LogP contribution in [0.5, 0.6) is 34.5 Å². The summed E-state index contributed by atoms with van der Waals surface area (Å²) in [6.07, 6.45) is 0. The first-order chi connectivity index (χ1) is 23.6. The zero-order valence-electron chi connectivity index (χ0n) is 29.8. The van der Waals surface area contributed by atoms with Crippen LogP contribution >= 0.6 is 0 Å². The molecule has 4 aromatic carbocycles. The number of carbonyl (C=O) groups is 2. The molecule has 0 aliphatic carbocycles. The van der Waals surface area contributed by atoms with Crippen LogP contribution in [-0.2, 0) is 9.59 Å². The van der Waals surface area contributed by atoms with Crippen LogP contribution in [0.2, 0.25) is 0 Å². The number of esters is 2. The van der Waals surface area contributed by atoms with Crippen LogP contribution in [0.25, 0.3) is 0 Å². The van der Waals surface area contributed by atoms with Gasteiger partial charge in [0.05, 0.1) is 24.0 Å². The van der Waals surface area contributed by atoms with Crippen molar-refractivity contribution in [2.75, 3.05) is 0 Å². The summed E-state index contributed by atoms with van der Waals surface area (Å²) in [6.45, 7) is 21.9. The van der Waals surface area contributed by atoms with E-state index in [2.05, 4.69) is 25.3 Å². The van der Waals surface area contributed by atoms with E-state index in [1.165, 1.54) is 0 Å². The van der Waals surface area contributed by atoms with Gasteiger partial charge in [-0.2, -0.15) is 10.5 Å². The Morgan fingerprint density at radius 2 is 0.820 bits per heavy atom. The van der Waals surface area contributed by atoms with E-state index < -0.39 is 11.9 Å². The number of nitriles is 2. The van der Waals surface area contributed by atoms with E-state index in [1.807, 2.05) is 65.8 Å². The number of ether oxygens (including phenoxy) is 4. The topological polar surface area (TPSA) is 119 Å². The fourth-order valence-electron chi connectivity index (χ4n) is 4.71. The van der Waals surface area contributed by atoms with Crippen molar-refractivity contribution in [1.29, 1.82) is 10.5 Å². The quantitative estimate of drug-likeness (QED) is 0.0929. The van der Waals surface area contributed by atoms with Crippen LogP contribution in [-0.4, -0.2) is 11.9 Å². The normalized spacial score (nSPS) is 11.3. The van der Waals surface area contributed by atoms with E-state index in [0.717, 1.165) is 44.9 Å². The number of rotatable bonds is 10. The van der Waals surface area contributed by atoms with Gasteiger partial charge in [-0.25, -0.2) is 9.59 Å². The van der Waals surface area contributed by atoms with Crippen molar-refractivity contribution in [3.8, 4) is 46.6 Å². The molecular formula is C42H42N2O6. The van der Waals surface area contributed by atoms with Gasteiger partial charge in [-0.05, 0) is 137 Å². The largest absolute Gasteiger partial charge is 0.457 e. The summed E-state index contributed by atoms with van der Waals surface area (Å²) in [4.78, 5) is 23.0. The number of nitrogens with zero attached hydrogens (tertiary/aromatic N) is 2. The first-order valence-electron chi connectivity index (χ1n) is 16.0.